The number of ether oxygens (including phenoxy) is 2. The normalized spacial score (nSPS) is 13.2. The summed E-state index contributed by atoms with van der Waals surface area (Å²) in [4.78, 5) is 15.1. The van der Waals surface area contributed by atoms with Crippen molar-refractivity contribution in [1.82, 2.24) is 4.98 Å². The molecule has 0 saturated carbocycles. The van der Waals surface area contributed by atoms with E-state index in [-0.39, 0.29) is 12.5 Å². The molecule has 2 aromatic heterocycles. The monoisotopic (exact) mass is 445 g/mol. The molecular weight excluding hydrogens is 426 g/mol. The topological polar surface area (TPSA) is 129 Å². The maximum Gasteiger partial charge on any atom is 0.318 e. The Bertz CT molecular complexity index is 1250. The van der Waals surface area contributed by atoms with Crippen LogP contribution in [-0.4, -0.2) is 42.8 Å². The lowest BCUT2D eigenvalue weighted by atomic mass is 10.2. The van der Waals surface area contributed by atoms with Crippen molar-refractivity contribution in [3.8, 4) is 23.0 Å². The Labute approximate surface area is 177 Å². The van der Waals surface area contributed by atoms with E-state index >= 15 is 0 Å². The summed E-state index contributed by atoms with van der Waals surface area (Å²) in [5.41, 5.74) is 1.48. The van der Waals surface area contributed by atoms with Crippen LogP contribution in [-0.2, 0) is 21.1 Å². The van der Waals surface area contributed by atoms with Gasteiger partial charge in [-0.2, -0.15) is 0 Å². The van der Waals surface area contributed by atoms with Gasteiger partial charge in [-0.05, 0) is 43.3 Å². The molecule has 0 aliphatic carbocycles. The van der Waals surface area contributed by atoms with E-state index in [2.05, 4.69) is 4.98 Å². The molecule has 0 unspecified atom stereocenters. The maximum absolute atomic E-state index is 11.6. The van der Waals surface area contributed by atoms with Crippen LogP contribution in [0.25, 0.3) is 17.5 Å². The average Bonchev–Trinajstić information content (AvgIpc) is 3.41. The predicted octanol–water partition coefficient (Wildman–Crippen LogP) is 3.08. The minimum atomic E-state index is -3.69. The van der Waals surface area contributed by atoms with Crippen LogP contribution < -0.4 is 9.47 Å². The fourth-order valence-corrected chi connectivity index (χ4v) is 3.93. The number of hydrogen-bond acceptors (Lipinski definition) is 8. The fourth-order valence-electron chi connectivity index (χ4n) is 3.05. The molecule has 0 spiro atoms. The first-order chi connectivity index (χ1) is 14.8. The highest BCUT2D eigenvalue weighted by atomic mass is 32.2. The van der Waals surface area contributed by atoms with E-state index in [0.29, 0.717) is 46.8 Å². The molecule has 10 heteroatoms. The van der Waals surface area contributed by atoms with E-state index in [1.54, 1.807) is 18.2 Å². The highest BCUT2D eigenvalue weighted by molar-refractivity contribution is 7.92. The van der Waals surface area contributed by atoms with Crippen LogP contribution in [0.3, 0.4) is 0 Å². The van der Waals surface area contributed by atoms with Crippen molar-refractivity contribution in [3.63, 3.8) is 0 Å². The van der Waals surface area contributed by atoms with Crippen LogP contribution in [0.4, 0.5) is 0 Å². The standard InChI is InChI=1S/C21H19NO8S/c1-13-17(22-21(29-13)14-4-7-18-19(9-14)28-12-27-18)10-16-6-5-15(30-16)3-2-8-31(25,26)11-20(23)24/h2-7,9H,8,10-12H2,1H3,(H,23,24)/b3-2+. The summed E-state index contributed by atoms with van der Waals surface area (Å²) in [6, 6.07) is 8.92. The van der Waals surface area contributed by atoms with Gasteiger partial charge >= 0.3 is 5.97 Å². The van der Waals surface area contributed by atoms with E-state index in [1.807, 2.05) is 19.1 Å². The van der Waals surface area contributed by atoms with Gasteiger partial charge in [0.05, 0.1) is 17.9 Å². The Hall–Kier alpha value is -3.53. The fraction of sp³-hybridized carbons (Fsp3) is 0.238. The first-order valence-corrected chi connectivity index (χ1v) is 11.1. The lowest BCUT2D eigenvalue weighted by Crippen LogP contribution is -2.17. The largest absolute Gasteiger partial charge is 0.480 e. The maximum atomic E-state index is 11.6. The smallest absolute Gasteiger partial charge is 0.318 e. The lowest BCUT2D eigenvalue weighted by Gasteiger charge is -1.98. The molecule has 0 atom stereocenters. The molecule has 0 amide bonds. The Morgan fingerprint density at radius 2 is 1.97 bits per heavy atom. The number of sulfone groups is 1. The van der Waals surface area contributed by atoms with Crippen LogP contribution in [0.5, 0.6) is 11.5 Å². The Balaban J connectivity index is 1.43. The van der Waals surface area contributed by atoms with Gasteiger partial charge in [-0.25, -0.2) is 13.4 Å². The number of carbonyl (C=O) groups is 1. The van der Waals surface area contributed by atoms with Gasteiger partial charge in [0.1, 0.15) is 23.0 Å². The molecule has 31 heavy (non-hydrogen) atoms. The molecule has 0 fully saturated rings. The first-order valence-electron chi connectivity index (χ1n) is 9.33. The van der Waals surface area contributed by atoms with Gasteiger partial charge < -0.3 is 23.4 Å². The van der Waals surface area contributed by atoms with Crippen LogP contribution >= 0.6 is 0 Å². The van der Waals surface area contributed by atoms with E-state index in [0.717, 1.165) is 5.56 Å². The average molecular weight is 445 g/mol. The summed E-state index contributed by atoms with van der Waals surface area (Å²) in [7, 11) is -3.69. The first kappa shape index (κ1) is 20.7. The van der Waals surface area contributed by atoms with Crippen molar-refractivity contribution in [2.24, 2.45) is 0 Å². The molecule has 1 aromatic carbocycles. The molecule has 9 nitrogen and oxygen atoms in total. The summed E-state index contributed by atoms with van der Waals surface area (Å²) in [5, 5.41) is 8.60. The summed E-state index contributed by atoms with van der Waals surface area (Å²) in [5.74, 6) is 0.856. The number of oxazole rings is 1. The quantitative estimate of drug-likeness (QED) is 0.556. The molecule has 4 rings (SSSR count). The van der Waals surface area contributed by atoms with Crippen LogP contribution in [0.15, 0.2) is 45.2 Å². The molecule has 0 radical (unpaired) electrons. The molecule has 0 bridgehead atoms. The number of furan rings is 1. The number of carboxylic acid groups (broad SMARTS) is 1. The molecule has 1 aliphatic rings. The van der Waals surface area contributed by atoms with Gasteiger partial charge in [-0.15, -0.1) is 0 Å². The zero-order valence-electron chi connectivity index (χ0n) is 16.5. The third-order valence-corrected chi connectivity index (χ3v) is 5.90. The minimum Gasteiger partial charge on any atom is -0.480 e. The summed E-state index contributed by atoms with van der Waals surface area (Å²) < 4.78 is 45.4. The molecule has 0 saturated heterocycles. The molecule has 1 N–H and O–H groups in total. The number of aliphatic carboxylic acids is 1. The van der Waals surface area contributed by atoms with Crippen molar-refractivity contribution >= 4 is 21.9 Å². The highest BCUT2D eigenvalue weighted by Crippen LogP contribution is 2.36. The van der Waals surface area contributed by atoms with Crippen molar-refractivity contribution < 1.29 is 36.6 Å². The second-order valence-corrected chi connectivity index (χ2v) is 9.03. The number of nitrogens with zero attached hydrogens (tertiary/aromatic N) is 1. The second kappa shape index (κ2) is 8.31. The van der Waals surface area contributed by atoms with Gasteiger partial charge in [-0.1, -0.05) is 6.08 Å². The van der Waals surface area contributed by atoms with Crippen LogP contribution in [0.1, 0.15) is 23.0 Å². The zero-order valence-corrected chi connectivity index (χ0v) is 17.3. The van der Waals surface area contributed by atoms with E-state index in [1.165, 1.54) is 12.2 Å². The Morgan fingerprint density at radius 3 is 2.77 bits per heavy atom. The molecule has 1 aliphatic heterocycles. The third-order valence-electron chi connectivity index (χ3n) is 4.51. The summed E-state index contributed by atoms with van der Waals surface area (Å²) in [6.45, 7) is 2.01. The Morgan fingerprint density at radius 1 is 1.16 bits per heavy atom. The van der Waals surface area contributed by atoms with Gasteiger partial charge in [0.2, 0.25) is 12.7 Å². The number of carboxylic acids is 1. The minimum absolute atomic E-state index is 0.190. The van der Waals surface area contributed by atoms with Gasteiger partial charge in [0.25, 0.3) is 0 Å². The third kappa shape index (κ3) is 4.97. The highest BCUT2D eigenvalue weighted by Gasteiger charge is 2.18. The second-order valence-electron chi connectivity index (χ2n) is 6.92. The number of aryl methyl sites for hydroxylation is 1. The number of fused-ring (bicyclic) bond motifs is 1. The SMILES string of the molecule is Cc1oc(-c2ccc3c(c2)OCO3)nc1Cc1ccc(/C=C/CS(=O)(=O)CC(=O)O)o1. The predicted molar refractivity (Wildman–Crippen MR) is 110 cm³/mol. The molecule has 3 aromatic rings. The van der Waals surface area contributed by atoms with Crippen LogP contribution in [0.2, 0.25) is 0 Å². The van der Waals surface area contributed by atoms with Crippen molar-refractivity contribution in [1.29, 1.82) is 0 Å². The number of aromatic nitrogens is 1. The van der Waals surface area contributed by atoms with Crippen molar-refractivity contribution in [2.45, 2.75) is 13.3 Å². The van der Waals surface area contributed by atoms with Gasteiger partial charge in [0, 0.05) is 5.56 Å². The number of rotatable bonds is 8. The summed E-state index contributed by atoms with van der Waals surface area (Å²) in [6.07, 6.45) is 3.25. The molecular formula is C21H19NO8S. The number of benzene rings is 1. The van der Waals surface area contributed by atoms with E-state index < -0.39 is 21.6 Å². The summed E-state index contributed by atoms with van der Waals surface area (Å²) >= 11 is 0. The van der Waals surface area contributed by atoms with Gasteiger partial charge in [0.15, 0.2) is 21.3 Å². The lowest BCUT2D eigenvalue weighted by molar-refractivity contribution is -0.134. The van der Waals surface area contributed by atoms with Crippen molar-refractivity contribution in [3.05, 3.63) is 59.4 Å². The van der Waals surface area contributed by atoms with Crippen molar-refractivity contribution in [2.75, 3.05) is 18.3 Å². The Kier molecular flexibility index (Phi) is 5.55. The van der Waals surface area contributed by atoms with Crippen LogP contribution in [0, 0.1) is 6.92 Å². The molecule has 162 valence electrons. The van der Waals surface area contributed by atoms with E-state index in [9.17, 15) is 13.2 Å². The number of hydrogen-bond donors (Lipinski definition) is 1. The van der Waals surface area contributed by atoms with E-state index in [4.69, 9.17) is 23.4 Å². The zero-order chi connectivity index (χ0) is 22.0. The van der Waals surface area contributed by atoms with Gasteiger partial charge in [-0.3, -0.25) is 4.79 Å². The molecule has 3 heterocycles.